The second-order valence-corrected chi connectivity index (χ2v) is 4.92. The quantitative estimate of drug-likeness (QED) is 0.639. The van der Waals surface area contributed by atoms with Crippen LogP contribution in [0.5, 0.6) is 0 Å². The highest BCUT2D eigenvalue weighted by Crippen LogP contribution is 2.11. The largest absolute Gasteiger partial charge is 0.0893 e. The number of halogens is 2. The summed E-state index contributed by atoms with van der Waals surface area (Å²) in [5.41, 5.74) is 0. The van der Waals surface area contributed by atoms with Crippen LogP contribution >= 0.6 is 31.9 Å². The summed E-state index contributed by atoms with van der Waals surface area (Å²) in [6.45, 7) is 4.30. The number of hydrogen-bond donors (Lipinski definition) is 0. The summed E-state index contributed by atoms with van der Waals surface area (Å²) in [7, 11) is 0. The van der Waals surface area contributed by atoms with Crippen LogP contribution in [0, 0.1) is 0 Å². The van der Waals surface area contributed by atoms with Crippen LogP contribution in [-0.4, -0.2) is 9.65 Å². The fourth-order valence-electron chi connectivity index (χ4n) is 0.448. The number of hydrogen-bond acceptors (Lipinski definition) is 0. The second kappa shape index (κ2) is 3.90. The van der Waals surface area contributed by atoms with Crippen LogP contribution in [0.4, 0.5) is 0 Å². The minimum absolute atomic E-state index is 0.641. The Balaban J connectivity index is 2.95. The molecule has 44 valence electrons. The van der Waals surface area contributed by atoms with Crippen LogP contribution in [0.3, 0.4) is 0 Å². The third-order valence-corrected chi connectivity index (χ3v) is 1.40. The zero-order chi connectivity index (χ0) is 5.86. The predicted octanol–water partition coefficient (Wildman–Crippen LogP) is 2.94. The van der Waals surface area contributed by atoms with Gasteiger partial charge in [0.05, 0.1) is 0 Å². The first-order valence-electron chi connectivity index (χ1n) is 2.41. The molecule has 0 aromatic heterocycles. The molecule has 0 aromatic carbocycles. The molecule has 0 radical (unpaired) electrons. The van der Waals surface area contributed by atoms with Gasteiger partial charge in [-0.25, -0.2) is 0 Å². The van der Waals surface area contributed by atoms with Crippen molar-refractivity contribution in [3.05, 3.63) is 0 Å². The molecular weight excluding hydrogens is 220 g/mol. The summed E-state index contributed by atoms with van der Waals surface area (Å²) in [5.74, 6) is 0. The van der Waals surface area contributed by atoms with Crippen LogP contribution in [0.25, 0.3) is 0 Å². The molecule has 0 rings (SSSR count). The third-order valence-electron chi connectivity index (χ3n) is 0.650. The normalized spacial score (nSPS) is 18.9. The van der Waals surface area contributed by atoms with Gasteiger partial charge in [0.2, 0.25) is 0 Å². The first-order chi connectivity index (χ1) is 3.13. The SMILES string of the molecule is CC(Br)CC(C)Br. The highest BCUT2D eigenvalue weighted by atomic mass is 79.9. The topological polar surface area (TPSA) is 0 Å². The lowest BCUT2D eigenvalue weighted by Gasteiger charge is -2.02. The molecular formula is C5H10Br2. The Hall–Kier alpha value is 0.960. The van der Waals surface area contributed by atoms with Crippen molar-refractivity contribution in [2.24, 2.45) is 0 Å². The van der Waals surface area contributed by atoms with E-state index >= 15 is 0 Å². The molecule has 0 fully saturated rings. The molecule has 0 aliphatic carbocycles. The van der Waals surface area contributed by atoms with E-state index in [1.807, 2.05) is 0 Å². The Bertz CT molecular complexity index is 35.3. The monoisotopic (exact) mass is 228 g/mol. The van der Waals surface area contributed by atoms with E-state index in [9.17, 15) is 0 Å². The fourth-order valence-corrected chi connectivity index (χ4v) is 2.07. The fraction of sp³-hybridized carbons (Fsp3) is 1.00. The van der Waals surface area contributed by atoms with Crippen molar-refractivity contribution >= 4 is 31.9 Å². The zero-order valence-corrected chi connectivity index (χ0v) is 7.79. The van der Waals surface area contributed by atoms with Crippen LogP contribution < -0.4 is 0 Å². The van der Waals surface area contributed by atoms with Crippen LogP contribution in [0.2, 0.25) is 0 Å². The first-order valence-corrected chi connectivity index (χ1v) is 4.24. The molecule has 0 aliphatic rings. The summed E-state index contributed by atoms with van der Waals surface area (Å²) in [6, 6.07) is 0. The molecule has 0 aliphatic heterocycles. The van der Waals surface area contributed by atoms with Gasteiger partial charge in [-0.3, -0.25) is 0 Å². The molecule has 0 nitrogen and oxygen atoms in total. The van der Waals surface area contributed by atoms with Gasteiger partial charge in [-0.1, -0.05) is 45.7 Å². The maximum Gasteiger partial charge on any atom is 0.0128 e. The van der Waals surface area contributed by atoms with Crippen molar-refractivity contribution in [1.82, 2.24) is 0 Å². The summed E-state index contributed by atoms with van der Waals surface area (Å²) in [4.78, 5) is 1.28. The molecule has 0 bridgehead atoms. The predicted molar refractivity (Wildman–Crippen MR) is 41.4 cm³/mol. The Kier molecular flexibility index (Phi) is 4.44. The lowest BCUT2D eigenvalue weighted by atomic mass is 10.3. The smallest absolute Gasteiger partial charge is 0.0128 e. The molecule has 0 saturated heterocycles. The third kappa shape index (κ3) is 6.96. The van der Waals surface area contributed by atoms with E-state index in [0.717, 1.165) is 0 Å². The van der Waals surface area contributed by atoms with Crippen molar-refractivity contribution < 1.29 is 0 Å². The highest BCUT2D eigenvalue weighted by Gasteiger charge is 1.99. The molecule has 2 heteroatoms. The van der Waals surface area contributed by atoms with E-state index in [1.54, 1.807) is 0 Å². The molecule has 0 spiro atoms. The van der Waals surface area contributed by atoms with Crippen LogP contribution in [0.1, 0.15) is 20.3 Å². The lowest BCUT2D eigenvalue weighted by molar-refractivity contribution is 0.823. The summed E-state index contributed by atoms with van der Waals surface area (Å²) in [6.07, 6.45) is 1.19. The van der Waals surface area contributed by atoms with Gasteiger partial charge in [0.25, 0.3) is 0 Å². The van der Waals surface area contributed by atoms with Gasteiger partial charge < -0.3 is 0 Å². The molecule has 0 amide bonds. The van der Waals surface area contributed by atoms with Crippen molar-refractivity contribution in [2.45, 2.75) is 29.9 Å². The maximum absolute atomic E-state index is 3.44. The number of alkyl halides is 2. The average Bonchev–Trinajstić information content (AvgIpc) is 1.27. The minimum atomic E-state index is 0.641. The van der Waals surface area contributed by atoms with Crippen molar-refractivity contribution in [3.8, 4) is 0 Å². The molecule has 0 heterocycles. The van der Waals surface area contributed by atoms with E-state index in [1.165, 1.54) is 6.42 Å². The van der Waals surface area contributed by atoms with Crippen molar-refractivity contribution in [1.29, 1.82) is 0 Å². The standard InChI is InChI=1S/C5H10Br2/c1-4(6)3-5(2)7/h4-5H,3H2,1-2H3. The Morgan fingerprint density at radius 3 is 1.43 bits per heavy atom. The van der Waals surface area contributed by atoms with Crippen molar-refractivity contribution in [3.63, 3.8) is 0 Å². The van der Waals surface area contributed by atoms with Crippen molar-refractivity contribution in [2.75, 3.05) is 0 Å². The van der Waals surface area contributed by atoms with Crippen LogP contribution in [-0.2, 0) is 0 Å². The first kappa shape index (κ1) is 7.96. The Morgan fingerprint density at radius 1 is 1.14 bits per heavy atom. The molecule has 0 saturated carbocycles. The summed E-state index contributed by atoms with van der Waals surface area (Å²) < 4.78 is 0. The molecule has 2 atom stereocenters. The molecule has 0 aromatic rings. The highest BCUT2D eigenvalue weighted by molar-refractivity contribution is 9.10. The van der Waals surface area contributed by atoms with Gasteiger partial charge in [-0.15, -0.1) is 0 Å². The van der Waals surface area contributed by atoms with E-state index < -0.39 is 0 Å². The van der Waals surface area contributed by atoms with E-state index in [-0.39, 0.29) is 0 Å². The average molecular weight is 230 g/mol. The lowest BCUT2D eigenvalue weighted by Crippen LogP contribution is -1.97. The van der Waals surface area contributed by atoms with Gasteiger partial charge in [0, 0.05) is 9.65 Å². The summed E-state index contributed by atoms with van der Waals surface area (Å²) >= 11 is 6.89. The van der Waals surface area contributed by atoms with Gasteiger partial charge in [0.15, 0.2) is 0 Å². The minimum Gasteiger partial charge on any atom is -0.0893 e. The van der Waals surface area contributed by atoms with Gasteiger partial charge in [-0.05, 0) is 6.42 Å². The molecule has 7 heavy (non-hydrogen) atoms. The van der Waals surface area contributed by atoms with Gasteiger partial charge >= 0.3 is 0 Å². The second-order valence-electron chi connectivity index (χ2n) is 1.80. The Labute approximate surface area is 61.9 Å². The van der Waals surface area contributed by atoms with E-state index in [4.69, 9.17) is 0 Å². The Morgan fingerprint density at radius 2 is 1.43 bits per heavy atom. The molecule has 0 N–H and O–H groups in total. The number of rotatable bonds is 2. The van der Waals surface area contributed by atoms with E-state index in [0.29, 0.717) is 9.65 Å². The van der Waals surface area contributed by atoms with Gasteiger partial charge in [0.1, 0.15) is 0 Å². The summed E-state index contributed by atoms with van der Waals surface area (Å²) in [5, 5.41) is 0. The molecule has 2 unspecified atom stereocenters. The van der Waals surface area contributed by atoms with E-state index in [2.05, 4.69) is 45.7 Å². The maximum atomic E-state index is 3.44. The zero-order valence-electron chi connectivity index (χ0n) is 4.62. The van der Waals surface area contributed by atoms with Gasteiger partial charge in [-0.2, -0.15) is 0 Å². The van der Waals surface area contributed by atoms with Crippen LogP contribution in [0.15, 0.2) is 0 Å².